The van der Waals surface area contributed by atoms with Gasteiger partial charge in [0, 0.05) is 0 Å². The van der Waals surface area contributed by atoms with Crippen molar-refractivity contribution in [3.8, 4) is 0 Å². The van der Waals surface area contributed by atoms with Crippen LogP contribution in [0.1, 0.15) is 44.0 Å². The van der Waals surface area contributed by atoms with E-state index in [0.29, 0.717) is 0 Å². The zero-order valence-corrected chi connectivity index (χ0v) is 11.2. The highest BCUT2D eigenvalue weighted by atomic mass is 15.1. The molecular weight excluding hydrogens is 220 g/mol. The largest absolute Gasteiger partial charge is 0.258 e. The zero-order chi connectivity index (χ0) is 12.6. The average molecular weight is 243 g/mol. The number of aromatic amines is 1. The van der Waals surface area contributed by atoms with Crippen LogP contribution in [0.2, 0.25) is 0 Å². The minimum Gasteiger partial charge on any atom is -0.247 e. The summed E-state index contributed by atoms with van der Waals surface area (Å²) in [5, 5.41) is 0. The molecule has 0 spiro atoms. The SMILES string of the molecule is CCCCCC[n+]1cc[nH]c1Cc1ccccc1. The summed E-state index contributed by atoms with van der Waals surface area (Å²) in [5.74, 6) is 1.30. The number of hydrogen-bond acceptors (Lipinski definition) is 0. The highest BCUT2D eigenvalue weighted by molar-refractivity contribution is 5.17. The van der Waals surface area contributed by atoms with Crippen molar-refractivity contribution in [3.63, 3.8) is 0 Å². The van der Waals surface area contributed by atoms with Gasteiger partial charge in [-0.05, 0) is 18.4 Å². The fraction of sp³-hybridized carbons (Fsp3) is 0.438. The molecule has 0 saturated heterocycles. The first-order valence-electron chi connectivity index (χ1n) is 6.99. The maximum atomic E-state index is 3.36. The first kappa shape index (κ1) is 12.9. The third-order valence-electron chi connectivity index (χ3n) is 3.32. The quantitative estimate of drug-likeness (QED) is 0.567. The molecule has 2 nitrogen and oxygen atoms in total. The van der Waals surface area contributed by atoms with Crippen LogP contribution in [0, 0.1) is 0 Å². The molecule has 0 aliphatic heterocycles. The van der Waals surface area contributed by atoms with Gasteiger partial charge in [0.25, 0.3) is 5.82 Å². The Kier molecular flexibility index (Phi) is 5.00. The molecule has 0 unspecified atom stereocenters. The van der Waals surface area contributed by atoms with E-state index in [4.69, 9.17) is 0 Å². The van der Waals surface area contributed by atoms with Crippen LogP contribution >= 0.6 is 0 Å². The monoisotopic (exact) mass is 243 g/mol. The lowest BCUT2D eigenvalue weighted by Crippen LogP contribution is -2.36. The first-order chi connectivity index (χ1) is 8.90. The lowest BCUT2D eigenvalue weighted by Gasteiger charge is -2.01. The summed E-state index contributed by atoms with van der Waals surface area (Å²) in [6, 6.07) is 10.6. The Balaban J connectivity index is 1.91. The van der Waals surface area contributed by atoms with Crippen molar-refractivity contribution in [2.75, 3.05) is 0 Å². The van der Waals surface area contributed by atoms with Crippen LogP contribution in [0.25, 0.3) is 0 Å². The van der Waals surface area contributed by atoms with Gasteiger partial charge in [0.05, 0.1) is 13.0 Å². The molecule has 18 heavy (non-hydrogen) atoms. The van der Waals surface area contributed by atoms with Gasteiger partial charge in [-0.15, -0.1) is 0 Å². The molecular formula is C16H23N2+. The Morgan fingerprint density at radius 2 is 1.89 bits per heavy atom. The smallest absolute Gasteiger partial charge is 0.247 e. The molecule has 2 aromatic rings. The lowest BCUT2D eigenvalue weighted by molar-refractivity contribution is -0.702. The van der Waals surface area contributed by atoms with E-state index in [2.05, 4.69) is 53.0 Å². The predicted octanol–water partition coefficient (Wildman–Crippen LogP) is 3.47. The highest BCUT2D eigenvalue weighted by Gasteiger charge is 2.10. The summed E-state index contributed by atoms with van der Waals surface area (Å²) in [7, 11) is 0. The third kappa shape index (κ3) is 3.73. The second kappa shape index (κ2) is 7.00. The van der Waals surface area contributed by atoms with E-state index in [9.17, 15) is 0 Å². The first-order valence-corrected chi connectivity index (χ1v) is 6.99. The fourth-order valence-electron chi connectivity index (χ4n) is 2.26. The minimum absolute atomic E-state index is 0.988. The van der Waals surface area contributed by atoms with Gasteiger partial charge in [-0.2, -0.15) is 0 Å². The van der Waals surface area contributed by atoms with E-state index < -0.39 is 0 Å². The van der Waals surface area contributed by atoms with Crippen LogP contribution in [-0.2, 0) is 13.0 Å². The van der Waals surface area contributed by atoms with Gasteiger partial charge in [0.15, 0.2) is 0 Å². The molecule has 0 bridgehead atoms. The predicted molar refractivity (Wildman–Crippen MR) is 74.4 cm³/mol. The number of nitrogens with one attached hydrogen (secondary N) is 1. The number of aryl methyl sites for hydroxylation is 1. The van der Waals surface area contributed by atoms with Crippen LogP contribution in [0.3, 0.4) is 0 Å². The molecule has 0 radical (unpaired) electrons. The van der Waals surface area contributed by atoms with Gasteiger partial charge in [0.2, 0.25) is 0 Å². The van der Waals surface area contributed by atoms with Gasteiger partial charge in [-0.1, -0.05) is 50.1 Å². The summed E-state index contributed by atoms with van der Waals surface area (Å²) in [6.07, 6.45) is 10.4. The minimum atomic E-state index is 0.988. The van der Waals surface area contributed by atoms with Crippen molar-refractivity contribution in [2.45, 2.75) is 45.6 Å². The Bertz CT molecular complexity index is 445. The van der Waals surface area contributed by atoms with Gasteiger partial charge in [-0.25, -0.2) is 9.55 Å². The van der Waals surface area contributed by atoms with E-state index in [-0.39, 0.29) is 0 Å². The number of unbranched alkanes of at least 4 members (excludes halogenated alkanes) is 3. The van der Waals surface area contributed by atoms with Crippen molar-refractivity contribution in [1.82, 2.24) is 4.98 Å². The maximum Gasteiger partial charge on any atom is 0.258 e. The third-order valence-corrected chi connectivity index (χ3v) is 3.32. The molecule has 2 rings (SSSR count). The van der Waals surface area contributed by atoms with Crippen LogP contribution in [0.4, 0.5) is 0 Å². The van der Waals surface area contributed by atoms with Crippen LogP contribution in [0.15, 0.2) is 42.7 Å². The Hall–Kier alpha value is -1.57. The topological polar surface area (TPSA) is 19.7 Å². The molecule has 1 heterocycles. The van der Waals surface area contributed by atoms with E-state index in [0.717, 1.165) is 13.0 Å². The highest BCUT2D eigenvalue weighted by Crippen LogP contribution is 2.04. The number of rotatable bonds is 7. The van der Waals surface area contributed by atoms with E-state index in [1.807, 2.05) is 6.20 Å². The van der Waals surface area contributed by atoms with Crippen molar-refractivity contribution < 1.29 is 4.57 Å². The summed E-state index contributed by atoms with van der Waals surface area (Å²) in [4.78, 5) is 3.36. The maximum absolute atomic E-state index is 3.36. The molecule has 0 atom stereocenters. The van der Waals surface area contributed by atoms with Crippen molar-refractivity contribution >= 4 is 0 Å². The molecule has 0 fully saturated rings. The molecule has 0 amide bonds. The molecule has 1 aromatic carbocycles. The van der Waals surface area contributed by atoms with Gasteiger partial charge in [0.1, 0.15) is 12.4 Å². The number of benzene rings is 1. The second-order valence-corrected chi connectivity index (χ2v) is 4.82. The summed E-state index contributed by atoms with van der Waals surface area (Å²) >= 11 is 0. The number of hydrogen-bond donors (Lipinski definition) is 1. The van der Waals surface area contributed by atoms with Crippen molar-refractivity contribution in [2.24, 2.45) is 0 Å². The average Bonchev–Trinajstić information content (AvgIpc) is 2.83. The summed E-state index contributed by atoms with van der Waals surface area (Å²) in [6.45, 7) is 3.38. The number of imidazole rings is 1. The van der Waals surface area contributed by atoms with Gasteiger partial charge in [-0.3, -0.25) is 0 Å². The summed E-state index contributed by atoms with van der Waals surface area (Å²) in [5.41, 5.74) is 1.36. The van der Waals surface area contributed by atoms with E-state index in [1.165, 1.54) is 37.1 Å². The number of nitrogens with zero attached hydrogens (tertiary/aromatic N) is 1. The standard InChI is InChI=1S/C16H22N2/c1-2-3-4-8-12-18-13-11-17-16(18)14-15-9-6-5-7-10-15/h5-7,9-11,13H,2-4,8,12,14H2,1H3/p+1. The normalized spacial score (nSPS) is 10.7. The second-order valence-electron chi connectivity index (χ2n) is 4.82. The number of aromatic nitrogens is 2. The zero-order valence-electron chi connectivity index (χ0n) is 11.2. The Morgan fingerprint density at radius 3 is 2.67 bits per heavy atom. The molecule has 1 N–H and O–H groups in total. The fourth-order valence-corrected chi connectivity index (χ4v) is 2.26. The van der Waals surface area contributed by atoms with E-state index in [1.54, 1.807) is 0 Å². The van der Waals surface area contributed by atoms with Crippen LogP contribution in [0.5, 0.6) is 0 Å². The molecule has 2 heteroatoms. The molecule has 96 valence electrons. The van der Waals surface area contributed by atoms with Crippen LogP contribution < -0.4 is 4.57 Å². The molecule has 0 aliphatic carbocycles. The number of H-pyrrole nitrogens is 1. The van der Waals surface area contributed by atoms with Crippen LogP contribution in [-0.4, -0.2) is 4.98 Å². The molecule has 0 saturated carbocycles. The van der Waals surface area contributed by atoms with Gasteiger partial charge >= 0.3 is 0 Å². The summed E-state index contributed by atoms with van der Waals surface area (Å²) < 4.78 is 2.35. The van der Waals surface area contributed by atoms with Crippen molar-refractivity contribution in [1.29, 1.82) is 0 Å². The lowest BCUT2D eigenvalue weighted by atomic mass is 10.1. The molecule has 1 aromatic heterocycles. The molecule has 0 aliphatic rings. The van der Waals surface area contributed by atoms with Crippen molar-refractivity contribution in [3.05, 3.63) is 54.1 Å². The Morgan fingerprint density at radius 1 is 1.06 bits per heavy atom. The van der Waals surface area contributed by atoms with E-state index >= 15 is 0 Å². The van der Waals surface area contributed by atoms with Gasteiger partial charge < -0.3 is 0 Å². The Labute approximate surface area is 110 Å².